The van der Waals surface area contributed by atoms with Crippen LogP contribution in [-0.2, 0) is 9.53 Å². The van der Waals surface area contributed by atoms with Crippen molar-refractivity contribution in [2.24, 2.45) is 5.92 Å². The maximum absolute atomic E-state index is 11.4. The summed E-state index contributed by atoms with van der Waals surface area (Å²) in [5.41, 5.74) is 0. The molecule has 2 atom stereocenters. The van der Waals surface area contributed by atoms with Gasteiger partial charge in [-0.2, -0.15) is 0 Å². The fraction of sp³-hybridized carbons (Fsp3) is 0.417. The van der Waals surface area contributed by atoms with Crippen molar-refractivity contribution in [1.29, 1.82) is 0 Å². The van der Waals surface area contributed by atoms with Crippen molar-refractivity contribution in [3.8, 4) is 0 Å². The SMILES string of the molecule is COC(=O)C(C)C(C)Sc1cccc(Br)c1. The molecule has 0 aliphatic heterocycles. The van der Waals surface area contributed by atoms with Crippen LogP contribution in [0.1, 0.15) is 13.8 Å². The van der Waals surface area contributed by atoms with Crippen LogP contribution in [0.4, 0.5) is 0 Å². The summed E-state index contributed by atoms with van der Waals surface area (Å²) in [6, 6.07) is 8.06. The number of halogens is 1. The van der Waals surface area contributed by atoms with Gasteiger partial charge in [0.05, 0.1) is 13.0 Å². The van der Waals surface area contributed by atoms with Gasteiger partial charge in [0.25, 0.3) is 0 Å². The van der Waals surface area contributed by atoms with E-state index in [1.54, 1.807) is 11.8 Å². The number of hydrogen-bond donors (Lipinski definition) is 0. The fourth-order valence-electron chi connectivity index (χ4n) is 1.23. The van der Waals surface area contributed by atoms with Crippen molar-refractivity contribution in [2.45, 2.75) is 24.0 Å². The van der Waals surface area contributed by atoms with Crippen LogP contribution in [0.15, 0.2) is 33.6 Å². The third-order valence-electron chi connectivity index (χ3n) is 2.40. The van der Waals surface area contributed by atoms with E-state index in [0.717, 1.165) is 9.37 Å². The molecule has 0 amide bonds. The Kier molecular flexibility index (Phi) is 5.35. The van der Waals surface area contributed by atoms with Crippen LogP contribution in [0.25, 0.3) is 0 Å². The van der Waals surface area contributed by atoms with Gasteiger partial charge in [0.15, 0.2) is 0 Å². The van der Waals surface area contributed by atoms with Gasteiger partial charge >= 0.3 is 5.97 Å². The summed E-state index contributed by atoms with van der Waals surface area (Å²) in [5.74, 6) is -0.260. The van der Waals surface area contributed by atoms with E-state index in [1.165, 1.54) is 7.11 Å². The van der Waals surface area contributed by atoms with E-state index in [-0.39, 0.29) is 17.1 Å². The third kappa shape index (κ3) is 3.83. The zero-order valence-electron chi connectivity index (χ0n) is 9.57. The Hall–Kier alpha value is -0.480. The summed E-state index contributed by atoms with van der Waals surface area (Å²) >= 11 is 5.11. The minimum absolute atomic E-state index is 0.103. The molecule has 0 fully saturated rings. The number of benzene rings is 1. The number of rotatable bonds is 4. The van der Waals surface area contributed by atoms with Crippen molar-refractivity contribution < 1.29 is 9.53 Å². The first kappa shape index (κ1) is 13.6. The van der Waals surface area contributed by atoms with Gasteiger partial charge in [0.2, 0.25) is 0 Å². The van der Waals surface area contributed by atoms with Crippen LogP contribution in [0.3, 0.4) is 0 Å². The number of hydrogen-bond acceptors (Lipinski definition) is 3. The molecule has 1 rings (SSSR count). The van der Waals surface area contributed by atoms with Gasteiger partial charge < -0.3 is 4.74 Å². The summed E-state index contributed by atoms with van der Waals surface area (Å²) < 4.78 is 5.78. The molecule has 2 unspecified atom stereocenters. The lowest BCUT2D eigenvalue weighted by Crippen LogP contribution is -2.21. The number of carbonyl (C=O) groups excluding carboxylic acids is 1. The van der Waals surface area contributed by atoms with Crippen molar-refractivity contribution in [1.82, 2.24) is 0 Å². The van der Waals surface area contributed by atoms with Gasteiger partial charge in [0.1, 0.15) is 0 Å². The van der Waals surface area contributed by atoms with E-state index in [0.29, 0.717) is 0 Å². The van der Waals surface area contributed by atoms with E-state index < -0.39 is 0 Å². The predicted octanol–water partition coefficient (Wildman–Crippen LogP) is 3.74. The Morgan fingerprint density at radius 3 is 2.69 bits per heavy atom. The average Bonchev–Trinajstić information content (AvgIpc) is 2.27. The van der Waals surface area contributed by atoms with E-state index in [2.05, 4.69) is 15.9 Å². The van der Waals surface area contributed by atoms with E-state index in [1.807, 2.05) is 38.1 Å². The van der Waals surface area contributed by atoms with Gasteiger partial charge in [-0.1, -0.05) is 35.8 Å². The predicted molar refractivity (Wildman–Crippen MR) is 70.6 cm³/mol. The first-order chi connectivity index (χ1) is 7.54. The van der Waals surface area contributed by atoms with Gasteiger partial charge in [-0.25, -0.2) is 0 Å². The monoisotopic (exact) mass is 302 g/mol. The zero-order valence-corrected chi connectivity index (χ0v) is 12.0. The first-order valence-electron chi connectivity index (χ1n) is 5.04. The molecule has 2 nitrogen and oxygen atoms in total. The second-order valence-corrected chi connectivity index (χ2v) is 5.96. The first-order valence-corrected chi connectivity index (χ1v) is 6.72. The van der Waals surface area contributed by atoms with E-state index >= 15 is 0 Å². The standard InChI is InChI=1S/C12H15BrO2S/c1-8(12(14)15-3)9(2)16-11-6-4-5-10(13)7-11/h4-9H,1-3H3. The molecular formula is C12H15BrO2S. The van der Waals surface area contributed by atoms with Gasteiger partial charge in [0, 0.05) is 14.6 Å². The van der Waals surface area contributed by atoms with E-state index in [4.69, 9.17) is 4.74 Å². The quantitative estimate of drug-likeness (QED) is 0.626. The molecule has 0 saturated carbocycles. The molecular weight excluding hydrogens is 288 g/mol. The topological polar surface area (TPSA) is 26.3 Å². The molecule has 0 bridgehead atoms. The maximum Gasteiger partial charge on any atom is 0.309 e. The summed E-state index contributed by atoms with van der Waals surface area (Å²) in [6.45, 7) is 3.93. The fourth-order valence-corrected chi connectivity index (χ4v) is 2.88. The van der Waals surface area contributed by atoms with Crippen molar-refractivity contribution in [3.63, 3.8) is 0 Å². The molecule has 0 aliphatic rings. The van der Waals surface area contributed by atoms with Crippen LogP contribution in [0, 0.1) is 5.92 Å². The lowest BCUT2D eigenvalue weighted by Gasteiger charge is -2.17. The highest BCUT2D eigenvalue weighted by atomic mass is 79.9. The summed E-state index contributed by atoms with van der Waals surface area (Å²) in [4.78, 5) is 12.5. The minimum Gasteiger partial charge on any atom is -0.469 e. The molecule has 0 saturated heterocycles. The zero-order chi connectivity index (χ0) is 12.1. The average molecular weight is 303 g/mol. The molecule has 4 heteroatoms. The molecule has 1 aromatic carbocycles. The molecule has 0 aliphatic carbocycles. The molecule has 88 valence electrons. The Morgan fingerprint density at radius 2 is 2.12 bits per heavy atom. The van der Waals surface area contributed by atoms with Crippen molar-refractivity contribution in [3.05, 3.63) is 28.7 Å². The normalized spacial score (nSPS) is 14.2. The largest absolute Gasteiger partial charge is 0.469 e. The van der Waals surface area contributed by atoms with Crippen LogP contribution in [0.2, 0.25) is 0 Å². The minimum atomic E-state index is -0.157. The number of thioether (sulfide) groups is 1. The van der Waals surface area contributed by atoms with Crippen molar-refractivity contribution in [2.75, 3.05) is 7.11 Å². The summed E-state index contributed by atoms with van der Waals surface area (Å²) in [6.07, 6.45) is 0. The number of methoxy groups -OCH3 is 1. The van der Waals surface area contributed by atoms with Gasteiger partial charge in [-0.3, -0.25) is 4.79 Å². The number of esters is 1. The summed E-state index contributed by atoms with van der Waals surface area (Å²) in [7, 11) is 1.43. The van der Waals surface area contributed by atoms with Crippen LogP contribution < -0.4 is 0 Å². The highest BCUT2D eigenvalue weighted by Crippen LogP contribution is 2.29. The number of carbonyl (C=O) groups is 1. The molecule has 0 spiro atoms. The molecule has 0 aromatic heterocycles. The molecule has 0 radical (unpaired) electrons. The number of ether oxygens (including phenoxy) is 1. The van der Waals surface area contributed by atoms with Crippen molar-refractivity contribution >= 4 is 33.7 Å². The Labute approximate surface area is 109 Å². The Balaban J connectivity index is 2.64. The smallest absolute Gasteiger partial charge is 0.309 e. The molecule has 1 aromatic rings. The lowest BCUT2D eigenvalue weighted by molar-refractivity contribution is -0.144. The van der Waals surface area contributed by atoms with Crippen LogP contribution in [0.5, 0.6) is 0 Å². The Morgan fingerprint density at radius 1 is 1.44 bits per heavy atom. The molecule has 0 N–H and O–H groups in total. The second-order valence-electron chi connectivity index (χ2n) is 3.59. The highest BCUT2D eigenvalue weighted by Gasteiger charge is 2.21. The van der Waals surface area contributed by atoms with Gasteiger partial charge in [-0.15, -0.1) is 11.8 Å². The van der Waals surface area contributed by atoms with Gasteiger partial charge in [-0.05, 0) is 18.2 Å². The highest BCUT2D eigenvalue weighted by molar-refractivity contribution is 9.10. The molecule has 0 heterocycles. The lowest BCUT2D eigenvalue weighted by atomic mass is 10.1. The maximum atomic E-state index is 11.4. The third-order valence-corrected chi connectivity index (χ3v) is 4.19. The van der Waals surface area contributed by atoms with E-state index in [9.17, 15) is 4.79 Å². The van der Waals surface area contributed by atoms with Crippen LogP contribution >= 0.6 is 27.7 Å². The van der Waals surface area contributed by atoms with Crippen LogP contribution in [-0.4, -0.2) is 18.3 Å². The summed E-state index contributed by atoms with van der Waals surface area (Å²) in [5, 5.41) is 0.196. The Bertz CT molecular complexity index is 368. The second kappa shape index (κ2) is 6.30. The molecule has 16 heavy (non-hydrogen) atoms.